The molecule has 0 unspecified atom stereocenters. The maximum Gasteiger partial charge on any atom is 0.317 e. The van der Waals surface area contributed by atoms with E-state index in [9.17, 15) is 4.79 Å². The number of carbonyl (C=O) groups is 1. The molecule has 2 amide bonds. The van der Waals surface area contributed by atoms with Gasteiger partial charge in [0.05, 0.1) is 0 Å². The SMILES string of the molecule is CCN(CC)C(=O)N[C@H]1C[C@@H]2c3cccc4[nH]c(C(C)C)c(c34)C[C@H]2N(C)C1. The molecule has 1 aliphatic heterocycles. The molecule has 5 nitrogen and oxygen atoms in total. The number of urea groups is 1. The first kappa shape index (κ1) is 19.3. The van der Waals surface area contributed by atoms with E-state index in [0.717, 1.165) is 32.5 Å². The highest BCUT2D eigenvalue weighted by Crippen LogP contribution is 2.45. The Balaban J connectivity index is 1.66. The van der Waals surface area contributed by atoms with Gasteiger partial charge in [0.2, 0.25) is 0 Å². The van der Waals surface area contributed by atoms with Gasteiger partial charge in [-0.2, -0.15) is 0 Å². The number of piperidine rings is 1. The third-order valence-corrected chi connectivity index (χ3v) is 6.84. The maximum atomic E-state index is 12.6. The summed E-state index contributed by atoms with van der Waals surface area (Å²) in [6.07, 6.45) is 2.12. The molecule has 0 bridgehead atoms. The van der Waals surface area contributed by atoms with Gasteiger partial charge in [-0.05, 0) is 56.8 Å². The molecular weight excluding hydrogens is 348 g/mol. The zero-order chi connectivity index (χ0) is 20.0. The monoisotopic (exact) mass is 382 g/mol. The molecule has 4 rings (SSSR count). The number of amides is 2. The van der Waals surface area contributed by atoms with Crippen molar-refractivity contribution in [3.05, 3.63) is 35.0 Å². The highest BCUT2D eigenvalue weighted by Gasteiger charge is 2.41. The lowest BCUT2D eigenvalue weighted by Gasteiger charge is -2.46. The summed E-state index contributed by atoms with van der Waals surface area (Å²) in [6, 6.07) is 7.47. The second-order valence-corrected chi connectivity index (χ2v) is 8.81. The molecule has 5 heteroatoms. The third-order valence-electron chi connectivity index (χ3n) is 6.84. The minimum absolute atomic E-state index is 0.0697. The van der Waals surface area contributed by atoms with Crippen LogP contribution in [0.25, 0.3) is 10.9 Å². The number of nitrogens with zero attached hydrogens (tertiary/aromatic N) is 2. The Morgan fingerprint density at radius 1 is 1.32 bits per heavy atom. The molecule has 2 aromatic rings. The number of carbonyl (C=O) groups excluding carboxylic acids is 1. The summed E-state index contributed by atoms with van der Waals surface area (Å²) in [5.41, 5.74) is 5.64. The molecule has 2 heterocycles. The molecule has 0 spiro atoms. The van der Waals surface area contributed by atoms with E-state index in [2.05, 4.69) is 54.3 Å². The molecule has 28 heavy (non-hydrogen) atoms. The number of rotatable bonds is 4. The smallest absolute Gasteiger partial charge is 0.317 e. The van der Waals surface area contributed by atoms with Crippen molar-refractivity contribution in [2.45, 2.75) is 64.5 Å². The number of hydrogen-bond donors (Lipinski definition) is 2. The molecule has 152 valence electrons. The number of benzene rings is 1. The minimum atomic E-state index is 0.0697. The third kappa shape index (κ3) is 3.10. The summed E-state index contributed by atoms with van der Waals surface area (Å²) in [7, 11) is 2.22. The molecule has 1 aromatic heterocycles. The lowest BCUT2D eigenvalue weighted by molar-refractivity contribution is 0.124. The fourth-order valence-corrected chi connectivity index (χ4v) is 5.43. The largest absolute Gasteiger partial charge is 0.358 e. The van der Waals surface area contributed by atoms with Crippen LogP contribution in [0.4, 0.5) is 4.79 Å². The van der Waals surface area contributed by atoms with Gasteiger partial charge < -0.3 is 20.1 Å². The van der Waals surface area contributed by atoms with Gasteiger partial charge in [0.1, 0.15) is 0 Å². The van der Waals surface area contributed by atoms with Gasteiger partial charge in [0.25, 0.3) is 0 Å². The molecule has 1 aliphatic carbocycles. The van der Waals surface area contributed by atoms with Crippen LogP contribution in [0.3, 0.4) is 0 Å². The van der Waals surface area contributed by atoms with Gasteiger partial charge in [-0.25, -0.2) is 4.79 Å². The molecular formula is C23H34N4O. The van der Waals surface area contributed by atoms with Crippen molar-refractivity contribution in [2.24, 2.45) is 0 Å². The normalized spacial score (nSPS) is 24.4. The van der Waals surface area contributed by atoms with E-state index in [0.29, 0.717) is 17.9 Å². The van der Waals surface area contributed by atoms with E-state index in [1.54, 1.807) is 0 Å². The number of likely N-dealkylation sites (tertiary alicyclic amines) is 1. The van der Waals surface area contributed by atoms with Crippen molar-refractivity contribution in [2.75, 3.05) is 26.7 Å². The fourth-order valence-electron chi connectivity index (χ4n) is 5.43. The first-order valence-electron chi connectivity index (χ1n) is 10.8. The Kier molecular flexibility index (Phi) is 5.13. The van der Waals surface area contributed by atoms with Crippen molar-refractivity contribution >= 4 is 16.9 Å². The molecule has 2 aliphatic rings. The number of hydrogen-bond acceptors (Lipinski definition) is 2. The number of H-pyrrole nitrogens is 1. The fraction of sp³-hybridized carbons (Fsp3) is 0.609. The maximum absolute atomic E-state index is 12.6. The van der Waals surface area contributed by atoms with Crippen LogP contribution in [0.5, 0.6) is 0 Å². The number of aromatic amines is 1. The Hall–Kier alpha value is -2.01. The number of likely N-dealkylation sites (N-methyl/N-ethyl adjacent to an activating group) is 1. The molecule has 3 atom stereocenters. The van der Waals surface area contributed by atoms with Crippen LogP contribution in [-0.4, -0.2) is 59.6 Å². The molecule has 1 fully saturated rings. The zero-order valence-corrected chi connectivity index (χ0v) is 17.9. The summed E-state index contributed by atoms with van der Waals surface area (Å²) >= 11 is 0. The van der Waals surface area contributed by atoms with E-state index < -0.39 is 0 Å². The van der Waals surface area contributed by atoms with Crippen LogP contribution in [0.2, 0.25) is 0 Å². The summed E-state index contributed by atoms with van der Waals surface area (Å²) < 4.78 is 0. The predicted octanol–water partition coefficient (Wildman–Crippen LogP) is 4.06. The van der Waals surface area contributed by atoms with E-state index >= 15 is 0 Å². The first-order chi connectivity index (χ1) is 13.4. The van der Waals surface area contributed by atoms with Gasteiger partial charge in [-0.3, -0.25) is 0 Å². The Morgan fingerprint density at radius 2 is 2.07 bits per heavy atom. The molecule has 2 N–H and O–H groups in total. The van der Waals surface area contributed by atoms with Crippen LogP contribution in [0, 0.1) is 0 Å². The average Bonchev–Trinajstić information content (AvgIpc) is 3.04. The van der Waals surface area contributed by atoms with Crippen LogP contribution in [0.1, 0.15) is 62.8 Å². The van der Waals surface area contributed by atoms with Crippen LogP contribution in [-0.2, 0) is 6.42 Å². The van der Waals surface area contributed by atoms with Gasteiger partial charge in [0.15, 0.2) is 0 Å². The first-order valence-corrected chi connectivity index (χ1v) is 10.8. The molecule has 0 saturated carbocycles. The summed E-state index contributed by atoms with van der Waals surface area (Å²) in [5, 5.41) is 4.74. The second-order valence-electron chi connectivity index (χ2n) is 8.81. The Morgan fingerprint density at radius 3 is 2.75 bits per heavy atom. The van der Waals surface area contributed by atoms with Crippen LogP contribution in [0.15, 0.2) is 18.2 Å². The van der Waals surface area contributed by atoms with E-state index in [4.69, 9.17) is 0 Å². The zero-order valence-electron chi connectivity index (χ0n) is 17.9. The highest BCUT2D eigenvalue weighted by atomic mass is 16.2. The van der Waals surface area contributed by atoms with E-state index in [-0.39, 0.29) is 12.1 Å². The van der Waals surface area contributed by atoms with Crippen LogP contribution >= 0.6 is 0 Å². The van der Waals surface area contributed by atoms with Crippen molar-refractivity contribution in [1.29, 1.82) is 0 Å². The van der Waals surface area contributed by atoms with E-state index in [1.165, 1.54) is 27.7 Å². The van der Waals surface area contributed by atoms with Crippen molar-refractivity contribution in [3.8, 4) is 0 Å². The number of aromatic nitrogens is 1. The minimum Gasteiger partial charge on any atom is -0.358 e. The molecule has 1 aromatic carbocycles. The number of nitrogens with one attached hydrogen (secondary N) is 2. The lowest BCUT2D eigenvalue weighted by atomic mass is 9.73. The Bertz CT molecular complexity index is 867. The summed E-state index contributed by atoms with van der Waals surface area (Å²) in [5.74, 6) is 0.967. The number of fused-ring (bicyclic) bond motifs is 2. The van der Waals surface area contributed by atoms with Crippen molar-refractivity contribution in [1.82, 2.24) is 20.1 Å². The summed E-state index contributed by atoms with van der Waals surface area (Å²) in [6.45, 7) is 11.0. The van der Waals surface area contributed by atoms with Gasteiger partial charge >= 0.3 is 6.03 Å². The van der Waals surface area contributed by atoms with Crippen molar-refractivity contribution in [3.63, 3.8) is 0 Å². The highest BCUT2D eigenvalue weighted by molar-refractivity contribution is 5.90. The van der Waals surface area contributed by atoms with Gasteiger partial charge in [-0.1, -0.05) is 26.0 Å². The van der Waals surface area contributed by atoms with Crippen molar-refractivity contribution < 1.29 is 4.79 Å². The predicted molar refractivity (Wildman–Crippen MR) is 115 cm³/mol. The summed E-state index contributed by atoms with van der Waals surface area (Å²) in [4.78, 5) is 20.6. The molecule has 1 saturated heterocycles. The Labute approximate surface area is 168 Å². The quantitative estimate of drug-likeness (QED) is 0.838. The lowest BCUT2D eigenvalue weighted by Crippen LogP contribution is -2.56. The standard InChI is InChI=1S/C23H34N4O/c1-6-27(7-2)23(28)24-15-11-17-16-9-8-10-19-21(16)18(22(25-19)14(3)4)12-20(17)26(5)13-15/h8-10,14-15,17,20,25H,6-7,11-13H2,1-5H3,(H,24,28)/t15-,17+,20+/m0/s1. The average molecular weight is 383 g/mol. The topological polar surface area (TPSA) is 51.4 Å². The second kappa shape index (κ2) is 7.43. The van der Waals surface area contributed by atoms with E-state index in [1.807, 2.05) is 18.7 Å². The van der Waals surface area contributed by atoms with Crippen LogP contribution < -0.4 is 5.32 Å². The van der Waals surface area contributed by atoms with Gasteiger partial charge in [0, 0.05) is 54.2 Å². The molecule has 0 radical (unpaired) electrons. The van der Waals surface area contributed by atoms with Gasteiger partial charge in [-0.15, -0.1) is 0 Å².